The lowest BCUT2D eigenvalue weighted by molar-refractivity contribution is 0.468. The van der Waals surface area contributed by atoms with Crippen molar-refractivity contribution < 1.29 is 0 Å². The van der Waals surface area contributed by atoms with E-state index in [1.54, 1.807) is 12.4 Å². The van der Waals surface area contributed by atoms with Gasteiger partial charge in [0.05, 0.1) is 5.02 Å². The molecule has 0 aliphatic heterocycles. The van der Waals surface area contributed by atoms with Crippen LogP contribution in [0, 0.1) is 5.92 Å². The van der Waals surface area contributed by atoms with Crippen LogP contribution in [0.1, 0.15) is 32.5 Å². The Balaban J connectivity index is 2.94. The lowest BCUT2D eigenvalue weighted by Gasteiger charge is -2.21. The first kappa shape index (κ1) is 11.7. The van der Waals surface area contributed by atoms with Crippen molar-refractivity contribution in [2.24, 2.45) is 5.92 Å². The summed E-state index contributed by atoms with van der Waals surface area (Å²) in [5.41, 5.74) is 0. The lowest BCUT2D eigenvalue weighted by atomic mass is 9.92. The van der Waals surface area contributed by atoms with E-state index in [1.165, 1.54) is 0 Å². The summed E-state index contributed by atoms with van der Waals surface area (Å²) in [5.74, 6) is 1.37. The number of alkyl halides is 1. The summed E-state index contributed by atoms with van der Waals surface area (Å²) in [6.45, 7) is 6.19. The number of hydrogen-bond acceptors (Lipinski definition) is 2. The molecule has 0 bridgehead atoms. The highest BCUT2D eigenvalue weighted by atomic mass is 35.5. The Morgan fingerprint density at radius 1 is 1.14 bits per heavy atom. The van der Waals surface area contributed by atoms with E-state index in [9.17, 15) is 0 Å². The van der Waals surface area contributed by atoms with Gasteiger partial charge in [0.15, 0.2) is 0 Å². The van der Waals surface area contributed by atoms with Crippen molar-refractivity contribution in [1.82, 2.24) is 9.97 Å². The van der Waals surface area contributed by atoms with Crippen molar-refractivity contribution in [1.29, 1.82) is 0 Å². The molecule has 1 rings (SSSR count). The highest BCUT2D eigenvalue weighted by molar-refractivity contribution is 6.30. The molecule has 2 nitrogen and oxygen atoms in total. The van der Waals surface area contributed by atoms with E-state index < -0.39 is 0 Å². The van der Waals surface area contributed by atoms with E-state index >= 15 is 0 Å². The van der Waals surface area contributed by atoms with Crippen molar-refractivity contribution in [3.05, 3.63) is 23.2 Å². The molecule has 0 N–H and O–H groups in total. The molecule has 4 heteroatoms. The molecule has 0 spiro atoms. The van der Waals surface area contributed by atoms with Gasteiger partial charge in [0, 0.05) is 23.7 Å². The minimum Gasteiger partial charge on any atom is -0.239 e. The van der Waals surface area contributed by atoms with E-state index in [-0.39, 0.29) is 11.3 Å². The van der Waals surface area contributed by atoms with Crippen LogP contribution in [-0.2, 0) is 0 Å². The summed E-state index contributed by atoms with van der Waals surface area (Å²) in [7, 11) is 0. The Morgan fingerprint density at radius 3 is 2.00 bits per heavy atom. The van der Waals surface area contributed by atoms with Crippen molar-refractivity contribution in [3.8, 4) is 0 Å². The molecule has 2 atom stereocenters. The Hall–Kier alpha value is -0.340. The normalized spacial score (nSPS) is 15.6. The maximum atomic E-state index is 6.10. The first-order chi connectivity index (χ1) is 6.52. The summed E-state index contributed by atoms with van der Waals surface area (Å²) >= 11 is 11.8. The molecule has 78 valence electrons. The average molecular weight is 233 g/mol. The first-order valence-electron chi connectivity index (χ1n) is 4.64. The van der Waals surface area contributed by atoms with Gasteiger partial charge < -0.3 is 0 Å². The van der Waals surface area contributed by atoms with Crippen LogP contribution < -0.4 is 0 Å². The van der Waals surface area contributed by atoms with Crippen LogP contribution in [0.4, 0.5) is 0 Å². The molecule has 1 aromatic heterocycles. The van der Waals surface area contributed by atoms with Crippen LogP contribution in [0.3, 0.4) is 0 Å². The fourth-order valence-electron chi connectivity index (χ4n) is 1.53. The fraction of sp³-hybridized carbons (Fsp3) is 0.600. The van der Waals surface area contributed by atoms with Crippen LogP contribution in [0.2, 0.25) is 5.02 Å². The van der Waals surface area contributed by atoms with Crippen LogP contribution in [-0.4, -0.2) is 15.3 Å². The molecule has 0 aromatic carbocycles. The second kappa shape index (κ2) is 4.94. The highest BCUT2D eigenvalue weighted by Crippen LogP contribution is 2.28. The quantitative estimate of drug-likeness (QED) is 0.746. The van der Waals surface area contributed by atoms with E-state index in [0.29, 0.717) is 10.9 Å². The Kier molecular flexibility index (Phi) is 4.14. The van der Waals surface area contributed by atoms with E-state index in [1.807, 2.05) is 6.92 Å². The molecule has 2 unspecified atom stereocenters. The van der Waals surface area contributed by atoms with Gasteiger partial charge in [-0.15, -0.1) is 11.6 Å². The molecular formula is C10H14Cl2N2. The lowest BCUT2D eigenvalue weighted by Crippen LogP contribution is -2.18. The molecule has 0 amide bonds. The summed E-state index contributed by atoms with van der Waals surface area (Å²) < 4.78 is 0. The van der Waals surface area contributed by atoms with Gasteiger partial charge in [0.2, 0.25) is 0 Å². The molecule has 1 heterocycles. The smallest absolute Gasteiger partial charge is 0.133 e. The van der Waals surface area contributed by atoms with Gasteiger partial charge in [0.25, 0.3) is 0 Å². The standard InChI is InChI=1S/C10H14Cl2N2/c1-6(2)9(7(3)11)10-13-4-8(12)5-14-10/h4-7,9H,1-3H3. The number of nitrogens with zero attached hydrogens (tertiary/aromatic N) is 2. The summed E-state index contributed by atoms with van der Waals surface area (Å²) in [6, 6.07) is 0. The topological polar surface area (TPSA) is 25.8 Å². The van der Waals surface area contributed by atoms with Gasteiger partial charge in [0.1, 0.15) is 5.82 Å². The van der Waals surface area contributed by atoms with Crippen LogP contribution >= 0.6 is 23.2 Å². The molecule has 0 aliphatic rings. The molecule has 0 saturated carbocycles. The van der Waals surface area contributed by atoms with Crippen molar-refractivity contribution in [3.63, 3.8) is 0 Å². The molecule has 0 aliphatic carbocycles. The number of rotatable bonds is 3. The zero-order valence-electron chi connectivity index (χ0n) is 8.54. The second-order valence-electron chi connectivity index (χ2n) is 3.71. The summed E-state index contributed by atoms with van der Waals surface area (Å²) in [5, 5.41) is 0.578. The third-order valence-corrected chi connectivity index (χ3v) is 2.62. The largest absolute Gasteiger partial charge is 0.239 e. The minimum atomic E-state index is 0.0242. The molecule has 1 aromatic rings. The minimum absolute atomic E-state index is 0.0242. The number of hydrogen-bond donors (Lipinski definition) is 0. The maximum Gasteiger partial charge on any atom is 0.133 e. The van der Waals surface area contributed by atoms with Crippen LogP contribution in [0.5, 0.6) is 0 Å². The molecular weight excluding hydrogens is 219 g/mol. The second-order valence-corrected chi connectivity index (χ2v) is 4.83. The Morgan fingerprint density at radius 2 is 1.64 bits per heavy atom. The average Bonchev–Trinajstić information content (AvgIpc) is 2.07. The predicted molar refractivity (Wildman–Crippen MR) is 59.9 cm³/mol. The predicted octanol–water partition coefficient (Wildman–Crippen LogP) is 3.50. The fourth-order valence-corrected chi connectivity index (χ4v) is 2.03. The molecule has 0 fully saturated rings. The van der Waals surface area contributed by atoms with Crippen molar-refractivity contribution in [2.75, 3.05) is 0 Å². The summed E-state index contributed by atoms with van der Waals surface area (Å²) in [6.07, 6.45) is 3.22. The zero-order valence-corrected chi connectivity index (χ0v) is 10.0. The van der Waals surface area contributed by atoms with Crippen LogP contribution in [0.15, 0.2) is 12.4 Å². The maximum absolute atomic E-state index is 6.10. The number of aromatic nitrogens is 2. The Labute approximate surface area is 94.7 Å². The molecule has 0 saturated heterocycles. The SMILES string of the molecule is CC(C)C(c1ncc(Cl)cn1)C(C)Cl. The monoisotopic (exact) mass is 232 g/mol. The third kappa shape index (κ3) is 2.82. The number of halogens is 2. The molecule has 0 radical (unpaired) electrons. The van der Waals surface area contributed by atoms with E-state index in [2.05, 4.69) is 23.8 Å². The Bertz CT molecular complexity index is 275. The van der Waals surface area contributed by atoms with E-state index in [4.69, 9.17) is 23.2 Å². The van der Waals surface area contributed by atoms with Gasteiger partial charge >= 0.3 is 0 Å². The van der Waals surface area contributed by atoms with Crippen molar-refractivity contribution >= 4 is 23.2 Å². The van der Waals surface area contributed by atoms with Gasteiger partial charge in [-0.25, -0.2) is 9.97 Å². The van der Waals surface area contributed by atoms with Gasteiger partial charge in [-0.2, -0.15) is 0 Å². The first-order valence-corrected chi connectivity index (χ1v) is 5.45. The summed E-state index contributed by atoms with van der Waals surface area (Å²) in [4.78, 5) is 8.39. The molecule has 14 heavy (non-hydrogen) atoms. The van der Waals surface area contributed by atoms with Crippen LogP contribution in [0.25, 0.3) is 0 Å². The van der Waals surface area contributed by atoms with Gasteiger partial charge in [-0.05, 0) is 12.8 Å². The van der Waals surface area contributed by atoms with Gasteiger partial charge in [-0.1, -0.05) is 25.4 Å². The zero-order chi connectivity index (χ0) is 10.7. The van der Waals surface area contributed by atoms with E-state index in [0.717, 1.165) is 5.82 Å². The third-order valence-electron chi connectivity index (χ3n) is 2.15. The highest BCUT2D eigenvalue weighted by Gasteiger charge is 2.23. The van der Waals surface area contributed by atoms with Gasteiger partial charge in [-0.3, -0.25) is 0 Å². The van der Waals surface area contributed by atoms with Crippen molar-refractivity contribution in [2.45, 2.75) is 32.1 Å².